The number of hydrogen-bond donors (Lipinski definition) is 1. The first-order valence-corrected chi connectivity index (χ1v) is 5.69. The molecule has 3 nitrogen and oxygen atoms in total. The Hall–Kier alpha value is -1.51. The number of anilines is 1. The minimum atomic E-state index is 0.0593. The third kappa shape index (κ3) is 1.66. The predicted molar refractivity (Wildman–Crippen MR) is 68.5 cm³/mol. The SMILES string of the molecule is CCn1c(C(C)(C)C)nc2cc(N)ccc21. The first-order valence-electron chi connectivity index (χ1n) is 5.69. The number of hydrogen-bond acceptors (Lipinski definition) is 2. The highest BCUT2D eigenvalue weighted by molar-refractivity contribution is 5.79. The average molecular weight is 217 g/mol. The lowest BCUT2D eigenvalue weighted by Crippen LogP contribution is -2.18. The van der Waals surface area contributed by atoms with Crippen molar-refractivity contribution in [3.63, 3.8) is 0 Å². The van der Waals surface area contributed by atoms with Crippen molar-refractivity contribution in [3.8, 4) is 0 Å². The van der Waals surface area contributed by atoms with Crippen molar-refractivity contribution in [2.24, 2.45) is 0 Å². The Morgan fingerprint density at radius 1 is 1.31 bits per heavy atom. The number of fused-ring (bicyclic) bond motifs is 1. The fourth-order valence-electron chi connectivity index (χ4n) is 2.04. The van der Waals surface area contributed by atoms with Crippen molar-refractivity contribution in [2.75, 3.05) is 5.73 Å². The molecule has 0 aliphatic carbocycles. The molecule has 0 aliphatic heterocycles. The summed E-state index contributed by atoms with van der Waals surface area (Å²) in [5, 5.41) is 0. The molecule has 0 saturated heterocycles. The molecule has 0 fully saturated rings. The summed E-state index contributed by atoms with van der Waals surface area (Å²) in [5.41, 5.74) is 8.78. The second kappa shape index (κ2) is 3.51. The number of aryl methyl sites for hydroxylation is 1. The Morgan fingerprint density at radius 3 is 2.56 bits per heavy atom. The quantitative estimate of drug-likeness (QED) is 0.746. The topological polar surface area (TPSA) is 43.8 Å². The molecule has 0 radical (unpaired) electrons. The van der Waals surface area contributed by atoms with Crippen molar-refractivity contribution >= 4 is 16.7 Å². The second-order valence-electron chi connectivity index (χ2n) is 5.18. The van der Waals surface area contributed by atoms with Gasteiger partial charge in [-0.05, 0) is 25.1 Å². The van der Waals surface area contributed by atoms with Crippen molar-refractivity contribution in [1.29, 1.82) is 0 Å². The third-order valence-electron chi connectivity index (χ3n) is 2.76. The van der Waals surface area contributed by atoms with Gasteiger partial charge in [0.2, 0.25) is 0 Å². The van der Waals surface area contributed by atoms with E-state index in [4.69, 9.17) is 10.7 Å². The number of nitrogen functional groups attached to an aromatic ring is 1. The van der Waals surface area contributed by atoms with Crippen LogP contribution in [0.5, 0.6) is 0 Å². The Morgan fingerprint density at radius 2 is 2.00 bits per heavy atom. The first kappa shape index (κ1) is 11.0. The summed E-state index contributed by atoms with van der Waals surface area (Å²) in [7, 11) is 0. The van der Waals surface area contributed by atoms with E-state index in [9.17, 15) is 0 Å². The van der Waals surface area contributed by atoms with Gasteiger partial charge in [-0.15, -0.1) is 0 Å². The molecule has 0 saturated carbocycles. The van der Waals surface area contributed by atoms with E-state index >= 15 is 0 Å². The van der Waals surface area contributed by atoms with Gasteiger partial charge in [0.05, 0.1) is 11.0 Å². The maximum atomic E-state index is 5.78. The molecule has 0 aliphatic rings. The van der Waals surface area contributed by atoms with E-state index in [-0.39, 0.29) is 5.41 Å². The zero-order valence-corrected chi connectivity index (χ0v) is 10.4. The standard InChI is InChI=1S/C13H19N3/c1-5-16-11-7-6-9(14)8-10(11)15-12(16)13(2,3)4/h6-8H,5,14H2,1-4H3. The number of imidazole rings is 1. The van der Waals surface area contributed by atoms with Gasteiger partial charge in [0.25, 0.3) is 0 Å². The highest BCUT2D eigenvalue weighted by Crippen LogP contribution is 2.27. The largest absolute Gasteiger partial charge is 0.399 e. The summed E-state index contributed by atoms with van der Waals surface area (Å²) in [6, 6.07) is 5.93. The molecule has 2 aromatic rings. The summed E-state index contributed by atoms with van der Waals surface area (Å²) in [5.74, 6) is 1.12. The summed E-state index contributed by atoms with van der Waals surface area (Å²) >= 11 is 0. The van der Waals surface area contributed by atoms with Gasteiger partial charge in [-0.1, -0.05) is 20.8 Å². The van der Waals surface area contributed by atoms with Crippen LogP contribution in [0.25, 0.3) is 11.0 Å². The minimum Gasteiger partial charge on any atom is -0.399 e. The van der Waals surface area contributed by atoms with Crippen LogP contribution in [0.2, 0.25) is 0 Å². The summed E-state index contributed by atoms with van der Waals surface area (Å²) in [6.45, 7) is 9.64. The van der Waals surface area contributed by atoms with Crippen LogP contribution in [0, 0.1) is 0 Å². The van der Waals surface area contributed by atoms with Crippen molar-refractivity contribution in [2.45, 2.75) is 39.7 Å². The summed E-state index contributed by atoms with van der Waals surface area (Å²) in [4.78, 5) is 4.70. The monoisotopic (exact) mass is 217 g/mol. The molecule has 0 bridgehead atoms. The van der Waals surface area contributed by atoms with Crippen LogP contribution in [0.4, 0.5) is 5.69 Å². The molecular formula is C13H19N3. The molecule has 1 aromatic carbocycles. The molecule has 16 heavy (non-hydrogen) atoms. The number of nitrogens with zero attached hydrogens (tertiary/aromatic N) is 2. The highest BCUT2D eigenvalue weighted by atomic mass is 15.1. The van der Waals surface area contributed by atoms with Crippen molar-refractivity contribution in [1.82, 2.24) is 9.55 Å². The molecule has 3 heteroatoms. The zero-order valence-electron chi connectivity index (χ0n) is 10.4. The van der Waals surface area contributed by atoms with E-state index in [1.807, 2.05) is 12.1 Å². The molecule has 86 valence electrons. The normalized spacial score (nSPS) is 12.2. The van der Waals surface area contributed by atoms with Crippen LogP contribution >= 0.6 is 0 Å². The van der Waals surface area contributed by atoms with E-state index < -0.39 is 0 Å². The number of aromatic nitrogens is 2. The first-order chi connectivity index (χ1) is 7.43. The van der Waals surface area contributed by atoms with E-state index in [2.05, 4.69) is 38.3 Å². The van der Waals surface area contributed by atoms with Crippen molar-refractivity contribution < 1.29 is 0 Å². The van der Waals surface area contributed by atoms with Gasteiger partial charge in [0.1, 0.15) is 5.82 Å². The molecule has 0 amide bonds. The van der Waals surface area contributed by atoms with E-state index in [0.717, 1.165) is 23.6 Å². The van der Waals surface area contributed by atoms with Crippen molar-refractivity contribution in [3.05, 3.63) is 24.0 Å². The van der Waals surface area contributed by atoms with Gasteiger partial charge in [0, 0.05) is 17.6 Å². The smallest absolute Gasteiger partial charge is 0.115 e. The molecule has 1 aromatic heterocycles. The lowest BCUT2D eigenvalue weighted by atomic mass is 9.96. The zero-order chi connectivity index (χ0) is 11.9. The van der Waals surface area contributed by atoms with E-state index in [1.54, 1.807) is 0 Å². The molecule has 0 unspecified atom stereocenters. The van der Waals surface area contributed by atoms with Crippen LogP contribution in [0.1, 0.15) is 33.5 Å². The molecule has 2 rings (SSSR count). The average Bonchev–Trinajstić information content (AvgIpc) is 2.54. The fourth-order valence-corrected chi connectivity index (χ4v) is 2.04. The number of benzene rings is 1. The van der Waals surface area contributed by atoms with Crippen LogP contribution in [-0.4, -0.2) is 9.55 Å². The van der Waals surface area contributed by atoms with Crippen LogP contribution < -0.4 is 5.73 Å². The Balaban J connectivity index is 2.76. The van der Waals surface area contributed by atoms with Crippen LogP contribution in [0.15, 0.2) is 18.2 Å². The van der Waals surface area contributed by atoms with Gasteiger partial charge in [-0.3, -0.25) is 0 Å². The molecular weight excluding hydrogens is 198 g/mol. The number of nitrogens with two attached hydrogens (primary N) is 1. The molecule has 0 spiro atoms. The number of rotatable bonds is 1. The Kier molecular flexibility index (Phi) is 2.41. The van der Waals surface area contributed by atoms with E-state index in [1.165, 1.54) is 5.52 Å². The third-order valence-corrected chi connectivity index (χ3v) is 2.76. The molecule has 0 atom stereocenters. The molecule has 1 heterocycles. The Labute approximate surface area is 96.3 Å². The van der Waals surface area contributed by atoms with Gasteiger partial charge >= 0.3 is 0 Å². The van der Waals surface area contributed by atoms with Gasteiger partial charge in [-0.2, -0.15) is 0 Å². The van der Waals surface area contributed by atoms with Gasteiger partial charge < -0.3 is 10.3 Å². The predicted octanol–water partition coefficient (Wildman–Crippen LogP) is 2.94. The summed E-state index contributed by atoms with van der Waals surface area (Å²) in [6.07, 6.45) is 0. The van der Waals surface area contributed by atoms with Gasteiger partial charge in [0.15, 0.2) is 0 Å². The minimum absolute atomic E-state index is 0.0593. The van der Waals surface area contributed by atoms with E-state index in [0.29, 0.717) is 0 Å². The van der Waals surface area contributed by atoms with Crippen LogP contribution in [0.3, 0.4) is 0 Å². The highest BCUT2D eigenvalue weighted by Gasteiger charge is 2.21. The summed E-state index contributed by atoms with van der Waals surface area (Å²) < 4.78 is 2.26. The molecule has 2 N–H and O–H groups in total. The fraction of sp³-hybridized carbons (Fsp3) is 0.462. The lowest BCUT2D eigenvalue weighted by molar-refractivity contribution is 0.512. The van der Waals surface area contributed by atoms with Crippen LogP contribution in [-0.2, 0) is 12.0 Å². The Bertz CT molecular complexity index is 518. The maximum absolute atomic E-state index is 5.78. The lowest BCUT2D eigenvalue weighted by Gasteiger charge is -2.19. The maximum Gasteiger partial charge on any atom is 0.115 e. The second-order valence-corrected chi connectivity index (χ2v) is 5.18. The van der Waals surface area contributed by atoms with Gasteiger partial charge in [-0.25, -0.2) is 4.98 Å².